The fraction of sp³-hybridized carbons (Fsp3) is 0.424. The molecule has 1 unspecified atom stereocenters. The van der Waals surface area contributed by atoms with E-state index in [9.17, 15) is 19.2 Å². The first-order valence-corrected chi connectivity index (χ1v) is 15.5. The number of fused-ring (bicyclic) bond motifs is 1. The van der Waals surface area contributed by atoms with Crippen LogP contribution in [0.5, 0.6) is 0 Å². The maximum absolute atomic E-state index is 13.1. The first-order chi connectivity index (χ1) is 21.6. The molecule has 2 aliphatic carbocycles. The maximum atomic E-state index is 13.1. The van der Waals surface area contributed by atoms with E-state index in [1.807, 2.05) is 26.1 Å². The van der Waals surface area contributed by atoms with Gasteiger partial charge in [0.05, 0.1) is 16.8 Å². The number of benzene rings is 1. The Balaban J connectivity index is 1.05. The first-order valence-electron chi connectivity index (χ1n) is 15.5. The van der Waals surface area contributed by atoms with Crippen LogP contribution < -0.4 is 21.3 Å². The number of pyridine rings is 1. The van der Waals surface area contributed by atoms with Gasteiger partial charge >= 0.3 is 0 Å². The Kier molecular flexibility index (Phi) is 8.22. The normalized spacial score (nSPS) is 23.0. The van der Waals surface area contributed by atoms with E-state index in [2.05, 4.69) is 26.3 Å². The number of hydrogen-bond donors (Lipinski definition) is 6. The van der Waals surface area contributed by atoms with E-state index in [1.165, 1.54) is 6.21 Å². The van der Waals surface area contributed by atoms with Crippen molar-refractivity contribution in [3.8, 4) is 0 Å². The maximum Gasteiger partial charge on any atom is 0.262 e. The van der Waals surface area contributed by atoms with Gasteiger partial charge in [-0.15, -0.1) is 0 Å². The highest BCUT2D eigenvalue weighted by molar-refractivity contribution is 6.24. The van der Waals surface area contributed by atoms with E-state index in [4.69, 9.17) is 10.8 Å². The largest absolute Gasteiger partial charge is 0.388 e. The summed E-state index contributed by atoms with van der Waals surface area (Å²) in [6, 6.07) is 6.44. The van der Waals surface area contributed by atoms with Gasteiger partial charge in [-0.3, -0.25) is 34.4 Å². The van der Waals surface area contributed by atoms with E-state index in [0.717, 1.165) is 47.5 Å². The lowest BCUT2D eigenvalue weighted by Gasteiger charge is -2.36. The van der Waals surface area contributed by atoms with Crippen molar-refractivity contribution in [1.82, 2.24) is 20.5 Å². The number of aromatic nitrogens is 1. The third kappa shape index (κ3) is 6.22. The van der Waals surface area contributed by atoms with Gasteiger partial charge in [-0.2, -0.15) is 0 Å². The molecule has 2 aliphatic heterocycles. The van der Waals surface area contributed by atoms with Crippen LogP contribution in [0.1, 0.15) is 84.3 Å². The molecule has 1 aromatic heterocycles. The highest BCUT2D eigenvalue weighted by atomic mass is 16.2. The van der Waals surface area contributed by atoms with Crippen LogP contribution >= 0.6 is 0 Å². The summed E-state index contributed by atoms with van der Waals surface area (Å²) in [6.07, 6.45) is 8.99. The van der Waals surface area contributed by atoms with Gasteiger partial charge in [0.1, 0.15) is 6.04 Å². The minimum atomic E-state index is -0.982. The minimum absolute atomic E-state index is 0.0836. The lowest BCUT2D eigenvalue weighted by atomic mass is 9.80. The molecule has 45 heavy (non-hydrogen) atoms. The summed E-state index contributed by atoms with van der Waals surface area (Å²) >= 11 is 0. The number of anilines is 2. The third-order valence-corrected chi connectivity index (χ3v) is 8.82. The van der Waals surface area contributed by atoms with Crippen LogP contribution in [0.4, 0.5) is 11.4 Å². The Morgan fingerprint density at radius 2 is 1.84 bits per heavy atom. The van der Waals surface area contributed by atoms with Crippen LogP contribution in [0.3, 0.4) is 0 Å². The number of nitrogens with one attached hydrogen (secondary N) is 6. The number of imide groups is 2. The van der Waals surface area contributed by atoms with Crippen LogP contribution in [0.2, 0.25) is 0 Å². The van der Waals surface area contributed by atoms with E-state index in [-0.39, 0.29) is 42.0 Å². The molecule has 12 nitrogen and oxygen atoms in total. The van der Waals surface area contributed by atoms with E-state index in [1.54, 1.807) is 24.4 Å². The molecule has 0 bridgehead atoms. The van der Waals surface area contributed by atoms with Gasteiger partial charge in [-0.1, -0.05) is 0 Å². The predicted octanol–water partition coefficient (Wildman–Crippen LogP) is 3.55. The summed E-state index contributed by atoms with van der Waals surface area (Å²) in [6.45, 7) is 4.78. The van der Waals surface area contributed by atoms with Crippen LogP contribution in [0.15, 0.2) is 36.7 Å². The van der Waals surface area contributed by atoms with E-state index in [0.29, 0.717) is 29.4 Å². The third-order valence-electron chi connectivity index (χ3n) is 8.82. The summed E-state index contributed by atoms with van der Waals surface area (Å²) in [7, 11) is 0. The van der Waals surface area contributed by atoms with Crippen molar-refractivity contribution >= 4 is 52.5 Å². The van der Waals surface area contributed by atoms with Crippen LogP contribution in [0.25, 0.3) is 5.57 Å². The monoisotopic (exact) mass is 610 g/mol. The average molecular weight is 611 g/mol. The van der Waals surface area contributed by atoms with Gasteiger partial charge in [-0.25, -0.2) is 0 Å². The number of amides is 4. The van der Waals surface area contributed by atoms with Crippen LogP contribution in [-0.4, -0.2) is 70.1 Å². The molecule has 1 atom stereocenters. The zero-order valence-corrected chi connectivity index (χ0v) is 25.4. The number of rotatable bonds is 12. The van der Waals surface area contributed by atoms with Gasteiger partial charge in [0.2, 0.25) is 11.8 Å². The highest BCUT2D eigenvalue weighted by Gasteiger charge is 2.44. The number of piperidine rings is 1. The molecule has 0 radical (unpaired) electrons. The molecule has 6 N–H and O–H groups in total. The van der Waals surface area contributed by atoms with Crippen molar-refractivity contribution in [2.75, 3.05) is 17.2 Å². The van der Waals surface area contributed by atoms with E-state index < -0.39 is 29.7 Å². The molecule has 1 saturated heterocycles. The van der Waals surface area contributed by atoms with Gasteiger partial charge in [0.25, 0.3) is 11.8 Å². The lowest BCUT2D eigenvalue weighted by Crippen LogP contribution is -2.54. The topological polar surface area (TPSA) is 180 Å². The van der Waals surface area contributed by atoms with Crippen molar-refractivity contribution in [2.45, 2.75) is 70.5 Å². The molecule has 0 spiro atoms. The predicted molar refractivity (Wildman–Crippen MR) is 171 cm³/mol. The van der Waals surface area contributed by atoms with Crippen molar-refractivity contribution in [2.24, 2.45) is 11.8 Å². The van der Waals surface area contributed by atoms with E-state index >= 15 is 0 Å². The number of nitrogens with zero attached hydrogens (tertiary/aromatic N) is 2. The molecular formula is C33H38N8O4. The zero-order valence-electron chi connectivity index (χ0n) is 25.4. The molecule has 4 aliphatic rings. The fourth-order valence-corrected chi connectivity index (χ4v) is 6.13. The Labute approximate surface area is 261 Å². The minimum Gasteiger partial charge on any atom is -0.388 e. The molecule has 2 aromatic rings. The van der Waals surface area contributed by atoms with Gasteiger partial charge in [0, 0.05) is 77.8 Å². The summed E-state index contributed by atoms with van der Waals surface area (Å²) in [4.78, 5) is 55.5. The molecule has 234 valence electrons. The Hall–Kier alpha value is -4.87. The summed E-state index contributed by atoms with van der Waals surface area (Å²) in [5.41, 5.74) is 4.86. The standard InChI is InChI=1S/C33H38N8O4/c1-17(2)39-26-12-27(38-15-20(26)13-34)25(30(35)19-3-4-19)16-37-22-9-18(10-22)14-36-21-5-6-23-24(11-21)33(45)41(32(23)44)28-7-8-29(42)40-31(28)43/h5-6,11-13,15-19,22,28,34-37H,3-4,7-10,14H2,1-2H3,(H,38,39)(H,40,42,43)/b25-16-,34-13?,35-30?. The number of hydrogen-bond acceptors (Lipinski definition) is 10. The quantitative estimate of drug-likeness (QED) is 0.156. The first kappa shape index (κ1) is 30.2. The summed E-state index contributed by atoms with van der Waals surface area (Å²) in [5, 5.41) is 29.0. The van der Waals surface area contributed by atoms with Crippen molar-refractivity contribution in [1.29, 1.82) is 10.8 Å². The SMILES string of the molecule is CC(C)Nc1cc(/C(=C/NC2CC(CNc3ccc4c(c3)C(=O)N(C3CCC(=O)NC3=O)C4=O)C2)C(=N)C2CC2)ncc1C=N. The second-order valence-electron chi connectivity index (χ2n) is 12.6. The molecule has 6 rings (SSSR count). The van der Waals surface area contributed by atoms with Crippen molar-refractivity contribution < 1.29 is 19.2 Å². The lowest BCUT2D eigenvalue weighted by molar-refractivity contribution is -0.136. The molecule has 3 heterocycles. The fourth-order valence-electron chi connectivity index (χ4n) is 6.13. The number of carbonyl (C=O) groups is 4. The second-order valence-corrected chi connectivity index (χ2v) is 12.6. The Morgan fingerprint density at radius 1 is 1.09 bits per heavy atom. The van der Waals surface area contributed by atoms with Gasteiger partial charge in [-0.05, 0) is 76.1 Å². The molecule has 4 amide bonds. The Morgan fingerprint density at radius 3 is 2.53 bits per heavy atom. The number of allylic oxidation sites excluding steroid dienone is 1. The zero-order chi connectivity index (χ0) is 31.8. The van der Waals surface area contributed by atoms with Gasteiger partial charge < -0.3 is 26.8 Å². The molecular weight excluding hydrogens is 572 g/mol. The molecule has 2 saturated carbocycles. The van der Waals surface area contributed by atoms with Crippen LogP contribution in [0, 0.1) is 22.7 Å². The number of carbonyl (C=O) groups excluding carboxylic acids is 4. The summed E-state index contributed by atoms with van der Waals surface area (Å²) in [5.74, 6) is -1.40. The molecule has 3 fully saturated rings. The Bertz CT molecular complexity index is 1620. The van der Waals surface area contributed by atoms with Gasteiger partial charge in [0.15, 0.2) is 0 Å². The summed E-state index contributed by atoms with van der Waals surface area (Å²) < 4.78 is 0. The molecule has 12 heteroatoms. The van der Waals surface area contributed by atoms with Crippen molar-refractivity contribution in [3.63, 3.8) is 0 Å². The molecule has 1 aromatic carbocycles. The second kappa shape index (κ2) is 12.3. The van der Waals surface area contributed by atoms with Crippen LogP contribution in [-0.2, 0) is 9.59 Å². The highest BCUT2D eigenvalue weighted by Crippen LogP contribution is 2.36. The smallest absolute Gasteiger partial charge is 0.262 e. The van der Waals surface area contributed by atoms with Crippen molar-refractivity contribution in [3.05, 3.63) is 59.0 Å². The average Bonchev–Trinajstić information content (AvgIpc) is 3.81.